The fourth-order valence-corrected chi connectivity index (χ4v) is 3.98. The number of thioether (sulfide) groups is 1. The number of rotatable bonds is 6. The molecule has 1 aromatic heterocycles. The van der Waals surface area contributed by atoms with Crippen LogP contribution in [0.5, 0.6) is 0 Å². The molecule has 12 heteroatoms. The molecular weight excluding hydrogens is 462 g/mol. The van der Waals surface area contributed by atoms with Crippen molar-refractivity contribution in [3.05, 3.63) is 59.9 Å². The van der Waals surface area contributed by atoms with E-state index in [-0.39, 0.29) is 11.4 Å². The molecule has 7 nitrogen and oxygen atoms in total. The molecule has 1 aliphatic rings. The van der Waals surface area contributed by atoms with Gasteiger partial charge in [0.05, 0.1) is 30.2 Å². The normalized spacial score (nSPS) is 14.4. The third-order valence-electron chi connectivity index (χ3n) is 4.80. The van der Waals surface area contributed by atoms with Gasteiger partial charge in [-0.2, -0.15) is 13.2 Å². The highest BCUT2D eigenvalue weighted by atomic mass is 32.2. The van der Waals surface area contributed by atoms with Crippen LogP contribution >= 0.6 is 11.8 Å². The average molecular weight is 481 g/mol. The van der Waals surface area contributed by atoms with Crippen molar-refractivity contribution in [3.8, 4) is 5.69 Å². The van der Waals surface area contributed by atoms with Crippen LogP contribution in [0.15, 0.2) is 53.7 Å². The lowest BCUT2D eigenvalue weighted by Gasteiger charge is -2.27. The van der Waals surface area contributed by atoms with E-state index in [4.69, 9.17) is 4.74 Å². The van der Waals surface area contributed by atoms with Crippen LogP contribution in [0.3, 0.4) is 0 Å². The summed E-state index contributed by atoms with van der Waals surface area (Å²) < 4.78 is 59.0. The van der Waals surface area contributed by atoms with Crippen LogP contribution in [0.2, 0.25) is 0 Å². The second-order valence-corrected chi connectivity index (χ2v) is 8.05. The molecule has 33 heavy (non-hydrogen) atoms. The van der Waals surface area contributed by atoms with Crippen molar-refractivity contribution < 1.29 is 27.1 Å². The minimum atomic E-state index is -4.45. The lowest BCUT2D eigenvalue weighted by Crippen LogP contribution is -2.37. The molecule has 3 aromatic rings. The predicted octanol–water partition coefficient (Wildman–Crippen LogP) is 3.99. The van der Waals surface area contributed by atoms with E-state index >= 15 is 0 Å². The first kappa shape index (κ1) is 23.1. The molecule has 0 unspecified atom stereocenters. The maximum absolute atomic E-state index is 13.9. The Morgan fingerprint density at radius 3 is 2.48 bits per heavy atom. The molecule has 174 valence electrons. The molecule has 1 aliphatic heterocycles. The number of benzene rings is 2. The molecule has 0 atom stereocenters. The summed E-state index contributed by atoms with van der Waals surface area (Å²) >= 11 is 1.08. The molecule has 0 bridgehead atoms. The minimum Gasteiger partial charge on any atom is -0.378 e. The van der Waals surface area contributed by atoms with Crippen molar-refractivity contribution in [1.82, 2.24) is 14.8 Å². The number of halogens is 4. The lowest BCUT2D eigenvalue weighted by atomic mass is 10.2. The molecule has 2 heterocycles. The molecule has 2 aromatic carbocycles. The zero-order valence-corrected chi connectivity index (χ0v) is 18.0. The van der Waals surface area contributed by atoms with Gasteiger partial charge in [0, 0.05) is 18.8 Å². The van der Waals surface area contributed by atoms with Gasteiger partial charge in [-0.1, -0.05) is 17.8 Å². The smallest absolute Gasteiger partial charge is 0.378 e. The number of ether oxygens (including phenoxy) is 1. The highest BCUT2D eigenvalue weighted by molar-refractivity contribution is 7.99. The van der Waals surface area contributed by atoms with E-state index in [0.717, 1.165) is 23.9 Å². The number of amides is 1. The Labute approximate surface area is 190 Å². The van der Waals surface area contributed by atoms with E-state index in [2.05, 4.69) is 15.5 Å². The van der Waals surface area contributed by atoms with Crippen LogP contribution < -0.4 is 10.2 Å². The van der Waals surface area contributed by atoms with Crippen LogP contribution in [0.25, 0.3) is 5.69 Å². The molecule has 1 N–H and O–H groups in total. The van der Waals surface area contributed by atoms with Gasteiger partial charge >= 0.3 is 6.18 Å². The second kappa shape index (κ2) is 9.79. The van der Waals surface area contributed by atoms with Gasteiger partial charge in [0.2, 0.25) is 11.9 Å². The molecular formula is C21H19F4N5O2S. The summed E-state index contributed by atoms with van der Waals surface area (Å²) in [7, 11) is 0. The highest BCUT2D eigenvalue weighted by Gasteiger charge is 2.30. The summed E-state index contributed by atoms with van der Waals surface area (Å²) in [6, 6.07) is 10.1. The first-order valence-corrected chi connectivity index (χ1v) is 10.9. The van der Waals surface area contributed by atoms with E-state index in [1.165, 1.54) is 24.3 Å². The lowest BCUT2D eigenvalue weighted by molar-refractivity contribution is -0.137. The SMILES string of the molecule is O=C(CSc1nnc(N2CCOCC2)n1-c1cccc(F)c1)Nc1ccc(C(F)(F)F)cc1. The van der Waals surface area contributed by atoms with Crippen molar-refractivity contribution in [2.75, 3.05) is 42.3 Å². The number of aromatic nitrogens is 3. The van der Waals surface area contributed by atoms with E-state index in [1.54, 1.807) is 16.7 Å². The van der Waals surface area contributed by atoms with Crippen LogP contribution in [-0.4, -0.2) is 52.7 Å². The van der Waals surface area contributed by atoms with E-state index < -0.39 is 23.5 Å². The standard InChI is InChI=1S/C21H19F4N5O2S/c22-15-2-1-3-17(12-15)30-19(29-8-10-32-11-9-29)27-28-20(30)33-13-18(31)26-16-6-4-14(5-7-16)21(23,24)25/h1-7,12H,8-11,13H2,(H,26,31). The third-order valence-corrected chi connectivity index (χ3v) is 5.73. The summed E-state index contributed by atoms with van der Waals surface area (Å²) in [5.74, 6) is -0.418. The molecule has 0 spiro atoms. The molecule has 1 fully saturated rings. The fourth-order valence-electron chi connectivity index (χ4n) is 3.23. The number of hydrogen-bond acceptors (Lipinski definition) is 6. The van der Waals surface area contributed by atoms with Gasteiger partial charge in [0.25, 0.3) is 0 Å². The maximum atomic E-state index is 13.9. The predicted molar refractivity (Wildman–Crippen MR) is 115 cm³/mol. The summed E-state index contributed by atoms with van der Waals surface area (Å²) in [6.07, 6.45) is -4.45. The van der Waals surface area contributed by atoms with Crippen molar-refractivity contribution in [3.63, 3.8) is 0 Å². The molecule has 0 radical (unpaired) electrons. The number of morpholine rings is 1. The van der Waals surface area contributed by atoms with Gasteiger partial charge in [0.1, 0.15) is 5.82 Å². The molecule has 1 amide bonds. The quantitative estimate of drug-likeness (QED) is 0.424. The summed E-state index contributed by atoms with van der Waals surface area (Å²) in [4.78, 5) is 14.3. The first-order chi connectivity index (χ1) is 15.8. The number of carbonyl (C=O) groups is 1. The summed E-state index contributed by atoms with van der Waals surface area (Å²) in [5, 5.41) is 11.4. The number of alkyl halides is 3. The van der Waals surface area contributed by atoms with Crippen LogP contribution in [-0.2, 0) is 15.7 Å². The largest absolute Gasteiger partial charge is 0.416 e. The highest BCUT2D eigenvalue weighted by Crippen LogP contribution is 2.30. The second-order valence-electron chi connectivity index (χ2n) is 7.11. The molecule has 0 aliphatic carbocycles. The van der Waals surface area contributed by atoms with Crippen LogP contribution in [0, 0.1) is 5.82 Å². The molecule has 4 rings (SSSR count). The zero-order valence-electron chi connectivity index (χ0n) is 17.2. The Morgan fingerprint density at radius 1 is 1.09 bits per heavy atom. The monoisotopic (exact) mass is 481 g/mol. The van der Waals surface area contributed by atoms with Gasteiger partial charge in [-0.15, -0.1) is 10.2 Å². The molecule has 1 saturated heterocycles. The van der Waals surface area contributed by atoms with E-state index in [9.17, 15) is 22.4 Å². The van der Waals surface area contributed by atoms with Gasteiger partial charge in [-0.05, 0) is 42.5 Å². The van der Waals surface area contributed by atoms with E-state index in [0.29, 0.717) is 43.1 Å². The Bertz CT molecular complexity index is 1110. The number of anilines is 2. The van der Waals surface area contributed by atoms with Gasteiger partial charge in [0.15, 0.2) is 5.16 Å². The van der Waals surface area contributed by atoms with Gasteiger partial charge in [-0.3, -0.25) is 9.36 Å². The number of carbonyl (C=O) groups excluding carboxylic acids is 1. The first-order valence-electron chi connectivity index (χ1n) is 9.95. The maximum Gasteiger partial charge on any atom is 0.416 e. The fraction of sp³-hybridized carbons (Fsp3) is 0.286. The Kier molecular flexibility index (Phi) is 6.84. The molecule has 0 saturated carbocycles. The van der Waals surface area contributed by atoms with Crippen LogP contribution in [0.4, 0.5) is 29.2 Å². The van der Waals surface area contributed by atoms with Crippen molar-refractivity contribution in [1.29, 1.82) is 0 Å². The van der Waals surface area contributed by atoms with Crippen molar-refractivity contribution in [2.45, 2.75) is 11.3 Å². The topological polar surface area (TPSA) is 72.3 Å². The van der Waals surface area contributed by atoms with Gasteiger partial charge < -0.3 is 15.0 Å². The van der Waals surface area contributed by atoms with Crippen LogP contribution in [0.1, 0.15) is 5.56 Å². The average Bonchev–Trinajstić information content (AvgIpc) is 3.22. The van der Waals surface area contributed by atoms with Gasteiger partial charge in [-0.25, -0.2) is 4.39 Å². The minimum absolute atomic E-state index is 0.0718. The van der Waals surface area contributed by atoms with E-state index in [1.807, 2.05) is 4.90 Å². The number of hydrogen-bond donors (Lipinski definition) is 1. The third kappa shape index (κ3) is 5.63. The number of nitrogens with one attached hydrogen (secondary N) is 1. The van der Waals surface area contributed by atoms with Crippen molar-refractivity contribution >= 4 is 29.3 Å². The van der Waals surface area contributed by atoms with Crippen molar-refractivity contribution in [2.24, 2.45) is 0 Å². The number of nitrogens with zero attached hydrogens (tertiary/aromatic N) is 4. The summed E-state index contributed by atoms with van der Waals surface area (Å²) in [5.41, 5.74) is -0.0462. The Balaban J connectivity index is 1.49. The summed E-state index contributed by atoms with van der Waals surface area (Å²) in [6.45, 7) is 2.22. The Morgan fingerprint density at radius 2 is 1.82 bits per heavy atom. The zero-order chi connectivity index (χ0) is 23.4. The Hall–Kier alpha value is -3.12.